The molecule has 0 rings (SSSR count). The Bertz CT molecular complexity index is 584. The number of halogens is 14. The van der Waals surface area contributed by atoms with E-state index in [1.807, 2.05) is 0 Å². The van der Waals surface area contributed by atoms with E-state index in [2.05, 4.69) is 13.8 Å². The van der Waals surface area contributed by atoms with Gasteiger partial charge in [0.05, 0.1) is 0 Å². The van der Waals surface area contributed by atoms with Gasteiger partial charge in [-0.2, -0.15) is 0 Å². The first kappa shape index (κ1) is 41.9. The van der Waals surface area contributed by atoms with Gasteiger partial charge in [0.2, 0.25) is 0 Å². The van der Waals surface area contributed by atoms with Crippen molar-refractivity contribution < 1.29 is 66.2 Å². The second-order valence-electron chi connectivity index (χ2n) is 9.30. The summed E-state index contributed by atoms with van der Waals surface area (Å²) < 4.78 is 171. The fourth-order valence-electron chi connectivity index (χ4n) is 3.08. The zero-order chi connectivity index (χ0) is 31.7. The quantitative estimate of drug-likeness (QED) is 0.0690. The molecule has 0 spiro atoms. The van der Waals surface area contributed by atoms with Gasteiger partial charge in [0.25, 0.3) is 0 Å². The van der Waals surface area contributed by atoms with Crippen LogP contribution in [0.2, 0.25) is 8.87 Å². The molecule has 0 heterocycles. The Morgan fingerprint density at radius 1 is 0.425 bits per heavy atom. The Morgan fingerprint density at radius 2 is 0.700 bits per heavy atom. The second-order valence-corrected chi connectivity index (χ2v) is 12.7. The fourth-order valence-corrected chi connectivity index (χ4v) is 6.50. The zero-order valence-electron chi connectivity index (χ0n) is 22.5. The third-order valence-corrected chi connectivity index (χ3v) is 9.57. The maximum absolute atomic E-state index is 12.7. The summed E-state index contributed by atoms with van der Waals surface area (Å²) in [5.74, 6) is -25.0. The summed E-state index contributed by atoms with van der Waals surface area (Å²) in [6, 6.07) is 0. The van der Waals surface area contributed by atoms with Crippen molar-refractivity contribution in [2.45, 2.75) is 136 Å². The molecule has 40 heavy (non-hydrogen) atoms. The normalized spacial score (nSPS) is 13.8. The van der Waals surface area contributed by atoms with Crippen LogP contribution in [0.15, 0.2) is 0 Å². The molecule has 0 atom stereocenters. The number of unbranched alkanes of at least 4 members (excludes halogenated alkanes) is 10. The number of hydrogen-bond acceptors (Lipinski definition) is 1. The summed E-state index contributed by atoms with van der Waals surface area (Å²) in [5, 5.41) is 0. The van der Waals surface area contributed by atoms with Gasteiger partial charge in [0.1, 0.15) is 0 Å². The van der Waals surface area contributed by atoms with Gasteiger partial charge in [-0.3, -0.25) is 0 Å². The molecule has 0 aliphatic rings. The predicted molar refractivity (Wildman–Crippen MR) is 125 cm³/mol. The Balaban J connectivity index is 0. The van der Waals surface area contributed by atoms with Crippen molar-refractivity contribution in [1.29, 1.82) is 0 Å². The van der Waals surface area contributed by atoms with E-state index in [1.54, 1.807) is 0 Å². The molecular weight excluding hydrogens is 689 g/mol. The number of hydrogen-bond donors (Lipinski definition) is 0. The molecule has 0 amide bonds. The number of rotatable bonds is 20. The van der Waals surface area contributed by atoms with Crippen LogP contribution in [0.5, 0.6) is 0 Å². The fraction of sp³-hybridized carbons (Fsp3) is 1.00. The van der Waals surface area contributed by atoms with Crippen LogP contribution in [0.25, 0.3) is 0 Å². The molecule has 0 aromatic heterocycles. The second kappa shape index (κ2) is 19.1. The van der Waals surface area contributed by atoms with Gasteiger partial charge in [-0.15, -0.1) is 0 Å². The van der Waals surface area contributed by atoms with Crippen LogP contribution in [-0.2, 0) is 4.74 Å². The van der Waals surface area contributed by atoms with E-state index < -0.39 is 66.1 Å². The summed E-state index contributed by atoms with van der Waals surface area (Å²) >= 11 is -3.84. The van der Waals surface area contributed by atoms with Crippen LogP contribution in [-0.4, -0.2) is 70.4 Å². The van der Waals surface area contributed by atoms with E-state index in [1.165, 1.54) is 77.0 Å². The molecule has 242 valence electrons. The minimum atomic E-state index is -6.74. The molecule has 0 unspecified atom stereocenters. The van der Waals surface area contributed by atoms with Crippen LogP contribution in [0.4, 0.5) is 61.5 Å². The molecule has 0 aliphatic heterocycles. The van der Waals surface area contributed by atoms with E-state index in [-0.39, 0.29) is 0 Å². The molecule has 0 saturated heterocycles. The topological polar surface area (TPSA) is 9.23 Å². The average molecular weight is 727 g/mol. The average Bonchev–Trinajstić information content (AvgIpc) is 2.80. The summed E-state index contributed by atoms with van der Waals surface area (Å²) in [5.41, 5.74) is 0. The van der Waals surface area contributed by atoms with Crippen molar-refractivity contribution in [3.8, 4) is 0 Å². The predicted octanol–water partition coefficient (Wildman–Crippen LogP) is 10.9. The standard InChI is InChI=1S/C16H34O.2C4H2F7.Sn/c1-3-5-7-9-11-13-15-17-16-14-12-10-8-6-4-2;2*1-2(5,6)3(7,8)4(9,10)11;/h3-16H2,1-2H3;2*1H2;. The maximum atomic E-state index is 12.7. The summed E-state index contributed by atoms with van der Waals surface area (Å²) in [4.78, 5) is 0. The van der Waals surface area contributed by atoms with E-state index in [9.17, 15) is 61.5 Å². The summed E-state index contributed by atoms with van der Waals surface area (Å²) in [6.45, 7) is 6.51. The van der Waals surface area contributed by atoms with Crippen molar-refractivity contribution in [2.24, 2.45) is 0 Å². The first-order chi connectivity index (χ1) is 18.1. The van der Waals surface area contributed by atoms with E-state index in [0.717, 1.165) is 13.2 Å². The summed E-state index contributed by atoms with van der Waals surface area (Å²) in [6.07, 6.45) is 2.86. The third kappa shape index (κ3) is 15.3. The molecule has 2 radical (unpaired) electrons. The Labute approximate surface area is 236 Å². The molecule has 0 fully saturated rings. The number of alkyl halides is 14. The van der Waals surface area contributed by atoms with Gasteiger partial charge in [-0.1, -0.05) is 78.1 Å². The Hall–Kier alpha value is -0.221. The van der Waals surface area contributed by atoms with Crippen LogP contribution >= 0.6 is 0 Å². The number of ether oxygens (including phenoxy) is 1. The molecular formula is C24H38F14OSn. The SMILES string of the molecule is CCCCCCCCOCCCCCCCC.FC(F)(F)C(F)(F)C(F)(F)[CH2][Sn][CH2]C(F)(F)C(F)(F)C(F)(F)F. The van der Waals surface area contributed by atoms with Crippen molar-refractivity contribution in [3.05, 3.63) is 0 Å². The van der Waals surface area contributed by atoms with E-state index in [0.29, 0.717) is 0 Å². The van der Waals surface area contributed by atoms with Gasteiger partial charge in [-0.05, 0) is 12.8 Å². The monoisotopic (exact) mass is 728 g/mol. The summed E-state index contributed by atoms with van der Waals surface area (Å²) in [7, 11) is 0. The van der Waals surface area contributed by atoms with E-state index in [4.69, 9.17) is 4.74 Å². The molecule has 16 heteroatoms. The molecule has 0 aromatic carbocycles. The van der Waals surface area contributed by atoms with Crippen LogP contribution in [0, 0.1) is 0 Å². The third-order valence-electron chi connectivity index (χ3n) is 5.61. The molecule has 0 bridgehead atoms. The molecule has 0 aliphatic carbocycles. The molecule has 0 N–H and O–H groups in total. The van der Waals surface area contributed by atoms with Crippen LogP contribution < -0.4 is 0 Å². The van der Waals surface area contributed by atoms with E-state index >= 15 is 0 Å². The zero-order valence-corrected chi connectivity index (χ0v) is 25.4. The van der Waals surface area contributed by atoms with Crippen molar-refractivity contribution >= 4 is 21.1 Å². The van der Waals surface area contributed by atoms with Crippen molar-refractivity contribution in [1.82, 2.24) is 0 Å². The Kier molecular flexibility index (Phi) is 20.1. The molecule has 0 saturated carbocycles. The van der Waals surface area contributed by atoms with Gasteiger partial charge in [-0.25, -0.2) is 0 Å². The molecule has 1 nitrogen and oxygen atoms in total. The van der Waals surface area contributed by atoms with Gasteiger partial charge >= 0.3 is 128 Å². The van der Waals surface area contributed by atoms with Gasteiger partial charge in [0.15, 0.2) is 0 Å². The van der Waals surface area contributed by atoms with Gasteiger partial charge in [0, 0.05) is 13.2 Å². The Morgan fingerprint density at radius 3 is 0.975 bits per heavy atom. The van der Waals surface area contributed by atoms with Crippen LogP contribution in [0.1, 0.15) is 90.9 Å². The minimum absolute atomic E-state index is 0.987. The van der Waals surface area contributed by atoms with Crippen LogP contribution in [0.3, 0.4) is 0 Å². The van der Waals surface area contributed by atoms with Crippen molar-refractivity contribution in [3.63, 3.8) is 0 Å². The first-order valence-corrected chi connectivity index (χ1v) is 17.1. The van der Waals surface area contributed by atoms with Crippen molar-refractivity contribution in [2.75, 3.05) is 13.2 Å². The molecule has 0 aromatic rings. The van der Waals surface area contributed by atoms with Gasteiger partial charge < -0.3 is 4.74 Å². The first-order valence-electron chi connectivity index (χ1n) is 13.1.